The molecule has 0 aliphatic carbocycles. The zero-order chi connectivity index (χ0) is 17.8. The number of carbonyl (C=O) groups excluding carboxylic acids is 1. The van der Waals surface area contributed by atoms with Crippen molar-refractivity contribution in [2.75, 3.05) is 13.1 Å². The highest BCUT2D eigenvalue weighted by Gasteiger charge is 2.27. The molecule has 1 saturated heterocycles. The predicted molar refractivity (Wildman–Crippen MR) is 101 cm³/mol. The molecule has 0 N–H and O–H groups in total. The van der Waals surface area contributed by atoms with Gasteiger partial charge < -0.3 is 4.90 Å². The molecule has 2 heterocycles. The zero-order valence-corrected chi connectivity index (χ0v) is 15.7. The Hall–Kier alpha value is -2.10. The minimum atomic E-state index is 0.180. The average Bonchev–Trinajstić information content (AvgIpc) is 3.00. The third-order valence-electron chi connectivity index (χ3n) is 5.08. The van der Waals surface area contributed by atoms with Gasteiger partial charge in [0.05, 0.1) is 22.6 Å². The number of nitrogens with zero attached hydrogens (tertiary/aromatic N) is 3. The number of hydrogen-bond donors (Lipinski definition) is 0. The second-order valence-corrected chi connectivity index (χ2v) is 6.92. The molecule has 1 amide bonds. The van der Waals surface area contributed by atoms with Crippen molar-refractivity contribution in [3.63, 3.8) is 0 Å². The van der Waals surface area contributed by atoms with Crippen LogP contribution < -0.4 is 0 Å². The molecular formula is C21H29N3O. The molecule has 1 aromatic heterocycles. The fourth-order valence-electron chi connectivity index (χ4n) is 3.74. The molecule has 1 aliphatic heterocycles. The first-order chi connectivity index (χ1) is 12.2. The molecule has 2 aromatic rings. The van der Waals surface area contributed by atoms with Crippen LogP contribution in [0.15, 0.2) is 24.3 Å². The van der Waals surface area contributed by atoms with E-state index in [1.165, 1.54) is 12.0 Å². The number of aryl methyl sites for hydroxylation is 2. The van der Waals surface area contributed by atoms with E-state index >= 15 is 0 Å². The third kappa shape index (κ3) is 3.48. The maximum absolute atomic E-state index is 13.3. The van der Waals surface area contributed by atoms with Crippen molar-refractivity contribution in [3.8, 4) is 5.69 Å². The fourth-order valence-corrected chi connectivity index (χ4v) is 3.74. The lowest BCUT2D eigenvalue weighted by molar-refractivity contribution is 0.0722. The zero-order valence-electron chi connectivity index (χ0n) is 15.7. The molecule has 0 radical (unpaired) electrons. The Kier molecular flexibility index (Phi) is 5.57. The Morgan fingerprint density at radius 2 is 1.84 bits per heavy atom. The molecule has 3 rings (SSSR count). The maximum atomic E-state index is 13.3. The second kappa shape index (κ2) is 7.85. The fraction of sp³-hybridized carbons (Fsp3) is 0.524. The van der Waals surface area contributed by atoms with Crippen LogP contribution in [0.2, 0.25) is 0 Å². The van der Waals surface area contributed by atoms with Gasteiger partial charge in [-0.3, -0.25) is 4.79 Å². The number of aromatic nitrogens is 2. The topological polar surface area (TPSA) is 38.1 Å². The van der Waals surface area contributed by atoms with Gasteiger partial charge in [-0.25, -0.2) is 4.68 Å². The second-order valence-electron chi connectivity index (χ2n) is 6.92. The first-order valence-electron chi connectivity index (χ1n) is 9.63. The van der Waals surface area contributed by atoms with Crippen molar-refractivity contribution in [2.45, 2.75) is 59.3 Å². The highest BCUT2D eigenvalue weighted by Crippen LogP contribution is 2.25. The van der Waals surface area contributed by atoms with Crippen LogP contribution in [0.1, 0.15) is 66.8 Å². The summed E-state index contributed by atoms with van der Waals surface area (Å²) < 4.78 is 2.01. The Morgan fingerprint density at radius 1 is 1.12 bits per heavy atom. The van der Waals surface area contributed by atoms with Crippen LogP contribution in [0.25, 0.3) is 5.69 Å². The molecule has 0 unspecified atom stereocenters. The van der Waals surface area contributed by atoms with E-state index in [0.29, 0.717) is 0 Å². The predicted octanol–water partition coefficient (Wildman–Crippen LogP) is 4.32. The van der Waals surface area contributed by atoms with E-state index in [2.05, 4.69) is 32.9 Å². The lowest BCUT2D eigenvalue weighted by atomic mass is 10.0. The van der Waals surface area contributed by atoms with Gasteiger partial charge >= 0.3 is 0 Å². The largest absolute Gasteiger partial charge is 0.339 e. The number of benzene rings is 1. The summed E-state index contributed by atoms with van der Waals surface area (Å²) in [5.74, 6) is 0.180. The van der Waals surface area contributed by atoms with E-state index in [1.54, 1.807) is 0 Å². The van der Waals surface area contributed by atoms with Gasteiger partial charge in [-0.15, -0.1) is 0 Å². The van der Waals surface area contributed by atoms with Crippen LogP contribution in [-0.4, -0.2) is 33.7 Å². The number of amides is 1. The Labute approximate surface area is 150 Å². The molecule has 0 saturated carbocycles. The van der Waals surface area contributed by atoms with Crippen molar-refractivity contribution in [3.05, 3.63) is 46.8 Å². The van der Waals surface area contributed by atoms with Gasteiger partial charge in [0.2, 0.25) is 0 Å². The molecule has 1 fully saturated rings. The highest BCUT2D eigenvalue weighted by atomic mass is 16.2. The molecule has 25 heavy (non-hydrogen) atoms. The van der Waals surface area contributed by atoms with E-state index in [-0.39, 0.29) is 5.91 Å². The van der Waals surface area contributed by atoms with Crippen molar-refractivity contribution >= 4 is 5.91 Å². The van der Waals surface area contributed by atoms with E-state index in [1.807, 2.05) is 21.7 Å². The van der Waals surface area contributed by atoms with E-state index < -0.39 is 0 Å². The molecule has 0 atom stereocenters. The first kappa shape index (κ1) is 17.7. The molecule has 0 spiro atoms. The summed E-state index contributed by atoms with van der Waals surface area (Å²) in [6.45, 7) is 8.12. The van der Waals surface area contributed by atoms with Gasteiger partial charge in [0, 0.05) is 13.1 Å². The Bertz CT molecular complexity index is 742. The van der Waals surface area contributed by atoms with E-state index in [9.17, 15) is 4.79 Å². The number of rotatable bonds is 5. The van der Waals surface area contributed by atoms with Crippen LogP contribution in [0, 0.1) is 6.92 Å². The number of piperidine rings is 1. The lowest BCUT2D eigenvalue weighted by Crippen LogP contribution is -2.36. The molecule has 0 bridgehead atoms. The molecule has 1 aliphatic rings. The summed E-state index contributed by atoms with van der Waals surface area (Å²) >= 11 is 0. The van der Waals surface area contributed by atoms with Crippen molar-refractivity contribution in [1.29, 1.82) is 0 Å². The minimum absolute atomic E-state index is 0.180. The minimum Gasteiger partial charge on any atom is -0.339 e. The Morgan fingerprint density at radius 3 is 2.48 bits per heavy atom. The van der Waals surface area contributed by atoms with Crippen LogP contribution in [0.3, 0.4) is 0 Å². The molecule has 4 heteroatoms. The van der Waals surface area contributed by atoms with Crippen molar-refractivity contribution < 1.29 is 4.79 Å². The smallest absolute Gasteiger partial charge is 0.257 e. The quantitative estimate of drug-likeness (QED) is 0.813. The van der Waals surface area contributed by atoms with Crippen LogP contribution in [0.5, 0.6) is 0 Å². The normalized spacial score (nSPS) is 14.8. The van der Waals surface area contributed by atoms with Crippen molar-refractivity contribution in [2.24, 2.45) is 0 Å². The van der Waals surface area contributed by atoms with Gasteiger partial charge in [0.1, 0.15) is 0 Å². The molecule has 134 valence electrons. The number of hydrogen-bond acceptors (Lipinski definition) is 2. The van der Waals surface area contributed by atoms with Gasteiger partial charge in [-0.05, 0) is 50.7 Å². The maximum Gasteiger partial charge on any atom is 0.257 e. The molecule has 1 aromatic carbocycles. The van der Waals surface area contributed by atoms with Gasteiger partial charge in [-0.1, -0.05) is 38.5 Å². The summed E-state index contributed by atoms with van der Waals surface area (Å²) in [6.07, 6.45) is 6.11. The summed E-state index contributed by atoms with van der Waals surface area (Å²) in [4.78, 5) is 15.3. The summed E-state index contributed by atoms with van der Waals surface area (Å²) in [6, 6.07) is 8.27. The van der Waals surface area contributed by atoms with Crippen LogP contribution >= 0.6 is 0 Å². The summed E-state index contributed by atoms with van der Waals surface area (Å²) in [5, 5.41) is 4.89. The number of para-hydroxylation sites is 1. The monoisotopic (exact) mass is 339 g/mol. The van der Waals surface area contributed by atoms with E-state index in [4.69, 9.17) is 5.10 Å². The summed E-state index contributed by atoms with van der Waals surface area (Å²) in [5.41, 5.74) is 5.12. The van der Waals surface area contributed by atoms with E-state index in [0.717, 1.165) is 67.8 Å². The third-order valence-corrected chi connectivity index (χ3v) is 5.08. The standard InChI is InChI=1S/C21H29N3O/c1-4-11-17-20(21(25)23-14-9-6-10-15-23)18(5-2)24(22-17)19-13-8-7-12-16(19)3/h7-8,12-13H,4-6,9-11,14-15H2,1-3H3. The molecular weight excluding hydrogens is 310 g/mol. The van der Waals surface area contributed by atoms with Crippen molar-refractivity contribution in [1.82, 2.24) is 14.7 Å². The van der Waals surface area contributed by atoms with Gasteiger partial charge in [0.25, 0.3) is 5.91 Å². The summed E-state index contributed by atoms with van der Waals surface area (Å²) in [7, 11) is 0. The van der Waals surface area contributed by atoms with Crippen LogP contribution in [0.4, 0.5) is 0 Å². The highest BCUT2D eigenvalue weighted by molar-refractivity contribution is 5.96. The lowest BCUT2D eigenvalue weighted by Gasteiger charge is -2.27. The number of likely N-dealkylation sites (tertiary alicyclic amines) is 1. The first-order valence-corrected chi connectivity index (χ1v) is 9.63. The Balaban J connectivity index is 2.09. The molecule has 4 nitrogen and oxygen atoms in total. The average molecular weight is 339 g/mol. The van der Waals surface area contributed by atoms with Crippen LogP contribution in [-0.2, 0) is 12.8 Å². The van der Waals surface area contributed by atoms with Gasteiger partial charge in [0.15, 0.2) is 0 Å². The number of carbonyl (C=O) groups is 1. The van der Waals surface area contributed by atoms with Gasteiger partial charge in [-0.2, -0.15) is 5.10 Å². The SMILES string of the molecule is CCCc1nn(-c2ccccc2C)c(CC)c1C(=O)N1CCCCC1.